The molecule has 0 spiro atoms. The van der Waals surface area contributed by atoms with Crippen molar-refractivity contribution in [1.82, 2.24) is 0 Å². The molecule has 0 aliphatic carbocycles. The molecule has 9 heteroatoms. The number of carboxylic acids is 1. The number of aliphatic carboxylic acids is 1. The maximum absolute atomic E-state index is 12.1. The Hall–Kier alpha value is -2.58. The third kappa shape index (κ3) is 3.44. The zero-order valence-corrected chi connectivity index (χ0v) is 9.21. The van der Waals surface area contributed by atoms with Crippen LogP contribution in [-0.2, 0) is 11.2 Å². The molecule has 0 aliphatic rings. The minimum atomic E-state index is -3.30. The van der Waals surface area contributed by atoms with Gasteiger partial charge < -0.3 is 9.84 Å². The van der Waals surface area contributed by atoms with Gasteiger partial charge in [0, 0.05) is 0 Å². The highest BCUT2D eigenvalue weighted by molar-refractivity contribution is 5.88. The summed E-state index contributed by atoms with van der Waals surface area (Å²) in [5, 5.41) is 19.4. The number of hydrogen-bond donors (Lipinski definition) is 1. The number of nitro benzene ring substituents is 1. The Morgan fingerprint density at radius 2 is 2.16 bits per heavy atom. The second kappa shape index (κ2) is 5.85. The van der Waals surface area contributed by atoms with E-state index in [1.54, 1.807) is 0 Å². The summed E-state index contributed by atoms with van der Waals surface area (Å²) in [5.74, 6) is -2.11. The maximum Gasteiger partial charge on any atom is 0.387 e. The zero-order valence-electron chi connectivity index (χ0n) is 9.21. The van der Waals surface area contributed by atoms with Crippen LogP contribution in [0.15, 0.2) is 12.1 Å². The predicted molar refractivity (Wildman–Crippen MR) is 56.5 cm³/mol. The first kappa shape index (κ1) is 14.5. The van der Waals surface area contributed by atoms with Gasteiger partial charge in [0.15, 0.2) is 6.29 Å². The first-order chi connectivity index (χ1) is 8.86. The summed E-state index contributed by atoms with van der Waals surface area (Å²) in [5.41, 5.74) is -1.73. The van der Waals surface area contributed by atoms with Crippen molar-refractivity contribution in [3.8, 4) is 5.75 Å². The molecule has 0 amide bonds. The van der Waals surface area contributed by atoms with Crippen LogP contribution in [0.4, 0.5) is 14.5 Å². The summed E-state index contributed by atoms with van der Waals surface area (Å²) in [6.45, 7) is -3.30. The van der Waals surface area contributed by atoms with Gasteiger partial charge in [-0.1, -0.05) is 6.07 Å². The number of alkyl halides is 2. The number of aldehydes is 1. The smallest absolute Gasteiger partial charge is 0.387 e. The van der Waals surface area contributed by atoms with Gasteiger partial charge in [-0.15, -0.1) is 0 Å². The lowest BCUT2D eigenvalue weighted by atomic mass is 10.0. The molecule has 19 heavy (non-hydrogen) atoms. The van der Waals surface area contributed by atoms with Gasteiger partial charge in [-0.3, -0.25) is 19.7 Å². The summed E-state index contributed by atoms with van der Waals surface area (Å²) in [7, 11) is 0. The maximum atomic E-state index is 12.1. The number of rotatable bonds is 6. The third-order valence-corrected chi connectivity index (χ3v) is 2.13. The van der Waals surface area contributed by atoms with E-state index in [1.807, 2.05) is 0 Å². The largest absolute Gasteiger partial charge is 0.481 e. The van der Waals surface area contributed by atoms with Gasteiger partial charge in [-0.05, 0) is 11.6 Å². The quantitative estimate of drug-likeness (QED) is 0.480. The van der Waals surface area contributed by atoms with Crippen LogP contribution in [-0.4, -0.2) is 28.9 Å². The second-order valence-corrected chi connectivity index (χ2v) is 3.31. The van der Waals surface area contributed by atoms with Crippen molar-refractivity contribution >= 4 is 17.9 Å². The van der Waals surface area contributed by atoms with Crippen LogP contribution in [0, 0.1) is 10.1 Å². The summed E-state index contributed by atoms with van der Waals surface area (Å²) >= 11 is 0. The van der Waals surface area contributed by atoms with E-state index in [1.165, 1.54) is 0 Å². The molecule has 0 saturated heterocycles. The summed E-state index contributed by atoms with van der Waals surface area (Å²) in [4.78, 5) is 31.1. The molecule has 1 aromatic carbocycles. The van der Waals surface area contributed by atoms with Crippen LogP contribution in [0.5, 0.6) is 5.75 Å². The van der Waals surface area contributed by atoms with Crippen molar-refractivity contribution in [3.63, 3.8) is 0 Å². The van der Waals surface area contributed by atoms with E-state index < -0.39 is 40.9 Å². The molecule has 0 heterocycles. The van der Waals surface area contributed by atoms with Crippen molar-refractivity contribution in [2.24, 2.45) is 0 Å². The lowest BCUT2D eigenvalue weighted by Gasteiger charge is -2.09. The minimum Gasteiger partial charge on any atom is -0.481 e. The standard InChI is InChI=1S/C10H7F2NO6/c11-10(12)19-7-2-1-5(3-8(15)16)6(4-14)9(7)13(17)18/h1-2,4,10H,3H2,(H,15,16). The molecule has 0 radical (unpaired) electrons. The first-order valence-electron chi connectivity index (χ1n) is 4.78. The Morgan fingerprint density at radius 1 is 1.53 bits per heavy atom. The van der Waals surface area contributed by atoms with E-state index in [-0.39, 0.29) is 11.8 Å². The molecule has 0 aromatic heterocycles. The Labute approximate surface area is 104 Å². The highest BCUT2D eigenvalue weighted by Gasteiger charge is 2.26. The highest BCUT2D eigenvalue weighted by Crippen LogP contribution is 2.33. The van der Waals surface area contributed by atoms with Gasteiger partial charge in [0.25, 0.3) is 0 Å². The van der Waals surface area contributed by atoms with Gasteiger partial charge >= 0.3 is 18.3 Å². The molecule has 0 fully saturated rings. The van der Waals surface area contributed by atoms with E-state index in [0.29, 0.717) is 0 Å². The van der Waals surface area contributed by atoms with Crippen LogP contribution in [0.1, 0.15) is 15.9 Å². The number of benzene rings is 1. The molecule has 7 nitrogen and oxygen atoms in total. The topological polar surface area (TPSA) is 107 Å². The van der Waals surface area contributed by atoms with Crippen LogP contribution in [0.25, 0.3) is 0 Å². The van der Waals surface area contributed by atoms with Crippen molar-refractivity contribution in [2.75, 3.05) is 0 Å². The van der Waals surface area contributed by atoms with E-state index in [9.17, 15) is 28.5 Å². The minimum absolute atomic E-state index is 0.0364. The number of ether oxygens (including phenoxy) is 1. The average Bonchev–Trinajstić information content (AvgIpc) is 2.28. The van der Waals surface area contributed by atoms with E-state index >= 15 is 0 Å². The Balaban J connectivity index is 3.42. The molecule has 1 aromatic rings. The van der Waals surface area contributed by atoms with Crippen molar-refractivity contribution in [2.45, 2.75) is 13.0 Å². The van der Waals surface area contributed by atoms with Crippen molar-refractivity contribution < 1.29 is 33.1 Å². The fourth-order valence-electron chi connectivity index (χ4n) is 1.46. The van der Waals surface area contributed by atoms with Crippen LogP contribution >= 0.6 is 0 Å². The van der Waals surface area contributed by atoms with Gasteiger partial charge in [-0.25, -0.2) is 0 Å². The molecule has 1 rings (SSSR count). The Morgan fingerprint density at radius 3 is 2.58 bits per heavy atom. The fourth-order valence-corrected chi connectivity index (χ4v) is 1.46. The van der Waals surface area contributed by atoms with E-state index in [2.05, 4.69) is 4.74 Å². The number of carbonyl (C=O) groups is 2. The number of nitro groups is 1. The molecule has 0 atom stereocenters. The van der Waals surface area contributed by atoms with Gasteiger partial charge in [0.1, 0.15) is 0 Å². The van der Waals surface area contributed by atoms with Crippen LogP contribution in [0.3, 0.4) is 0 Å². The zero-order chi connectivity index (χ0) is 14.6. The Bertz CT molecular complexity index is 531. The van der Waals surface area contributed by atoms with E-state index in [4.69, 9.17) is 5.11 Å². The van der Waals surface area contributed by atoms with Crippen molar-refractivity contribution in [1.29, 1.82) is 0 Å². The third-order valence-electron chi connectivity index (χ3n) is 2.13. The monoisotopic (exact) mass is 275 g/mol. The normalized spacial score (nSPS) is 10.3. The molecule has 0 aliphatic heterocycles. The summed E-state index contributed by atoms with van der Waals surface area (Å²) < 4.78 is 28.1. The van der Waals surface area contributed by atoms with E-state index in [0.717, 1.165) is 12.1 Å². The molecule has 0 saturated carbocycles. The lowest BCUT2D eigenvalue weighted by Crippen LogP contribution is -2.10. The van der Waals surface area contributed by atoms with Crippen molar-refractivity contribution in [3.05, 3.63) is 33.4 Å². The van der Waals surface area contributed by atoms with Crippen LogP contribution < -0.4 is 4.74 Å². The SMILES string of the molecule is O=Cc1c(CC(=O)O)ccc(OC(F)F)c1[N+](=O)[O-]. The number of halogens is 2. The Kier molecular flexibility index (Phi) is 4.46. The highest BCUT2D eigenvalue weighted by atomic mass is 19.3. The second-order valence-electron chi connectivity index (χ2n) is 3.31. The molecular formula is C10H7F2NO6. The van der Waals surface area contributed by atoms with Crippen LogP contribution in [0.2, 0.25) is 0 Å². The summed E-state index contributed by atoms with van der Waals surface area (Å²) in [6.07, 6.45) is -0.612. The number of carbonyl (C=O) groups excluding carboxylic acids is 1. The van der Waals surface area contributed by atoms with Gasteiger partial charge in [0.2, 0.25) is 5.75 Å². The molecule has 0 bridgehead atoms. The molecule has 0 unspecified atom stereocenters. The van der Waals surface area contributed by atoms with Gasteiger partial charge in [-0.2, -0.15) is 8.78 Å². The van der Waals surface area contributed by atoms with Gasteiger partial charge in [0.05, 0.1) is 16.9 Å². The number of hydrogen-bond acceptors (Lipinski definition) is 5. The summed E-state index contributed by atoms with van der Waals surface area (Å²) in [6, 6.07) is 1.85. The molecular weight excluding hydrogens is 268 g/mol. The molecule has 1 N–H and O–H groups in total. The first-order valence-corrected chi connectivity index (χ1v) is 4.78. The average molecular weight is 275 g/mol. The number of carboxylic acid groups (broad SMARTS) is 1. The number of nitrogens with zero attached hydrogens (tertiary/aromatic N) is 1. The lowest BCUT2D eigenvalue weighted by molar-refractivity contribution is -0.386. The fraction of sp³-hybridized carbons (Fsp3) is 0.200. The molecule has 102 valence electrons. The predicted octanol–water partition coefficient (Wildman–Crippen LogP) is 1.64.